The van der Waals surface area contributed by atoms with Crippen molar-refractivity contribution in [2.45, 2.75) is 45.1 Å². The molecule has 1 N–H and O–H groups in total. The van der Waals surface area contributed by atoms with Crippen LogP contribution in [0.2, 0.25) is 0 Å². The zero-order valence-electron chi connectivity index (χ0n) is 15.9. The lowest BCUT2D eigenvalue weighted by molar-refractivity contribution is -0.121. The van der Waals surface area contributed by atoms with Crippen LogP contribution < -0.4 is 9.62 Å². The summed E-state index contributed by atoms with van der Waals surface area (Å²) in [4.78, 5) is 14.9. The number of nitrogens with zero attached hydrogens (tertiary/aromatic N) is 2. The van der Waals surface area contributed by atoms with E-state index in [2.05, 4.69) is 10.2 Å². The van der Waals surface area contributed by atoms with E-state index < -0.39 is 16.1 Å². The number of carbonyl (C=O) groups is 1. The lowest BCUT2D eigenvalue weighted by atomic mass is 10.2. The molecule has 0 radical (unpaired) electrons. The maximum atomic E-state index is 12.5. The first-order valence-electron chi connectivity index (χ1n) is 9.44. The van der Waals surface area contributed by atoms with Gasteiger partial charge in [0, 0.05) is 6.54 Å². The van der Waals surface area contributed by atoms with Gasteiger partial charge in [0.25, 0.3) is 0 Å². The molecule has 146 valence electrons. The fourth-order valence-electron chi connectivity index (χ4n) is 3.41. The molecular formula is C19H31N3O3S. The summed E-state index contributed by atoms with van der Waals surface area (Å²) in [5.74, 6) is -0.268. The van der Waals surface area contributed by atoms with Crippen LogP contribution in [0.4, 0.5) is 5.69 Å². The van der Waals surface area contributed by atoms with Gasteiger partial charge in [-0.2, -0.15) is 0 Å². The third-order valence-corrected chi connectivity index (χ3v) is 5.99. The van der Waals surface area contributed by atoms with Crippen molar-refractivity contribution < 1.29 is 13.2 Å². The van der Waals surface area contributed by atoms with Gasteiger partial charge in [-0.3, -0.25) is 9.10 Å². The fraction of sp³-hybridized carbons (Fsp3) is 0.632. The van der Waals surface area contributed by atoms with Gasteiger partial charge in [-0.25, -0.2) is 8.42 Å². The standard InChI is InChI=1S/C19H31N3O3S/c1-17(22(26(2,24)25)18-11-6-5-7-12-18)19(23)20-13-10-16-21-14-8-3-4-9-15-21/h5-7,11-12,17H,3-4,8-10,13-16H2,1-2H3,(H,20,23)/t17-/m1/s1. The molecule has 0 unspecified atom stereocenters. The van der Waals surface area contributed by atoms with Gasteiger partial charge in [0.2, 0.25) is 15.9 Å². The van der Waals surface area contributed by atoms with E-state index in [0.29, 0.717) is 12.2 Å². The van der Waals surface area contributed by atoms with Gasteiger partial charge in [0.1, 0.15) is 6.04 Å². The van der Waals surface area contributed by atoms with Crippen molar-refractivity contribution in [3.8, 4) is 0 Å². The van der Waals surface area contributed by atoms with E-state index in [1.807, 2.05) is 6.07 Å². The summed E-state index contributed by atoms with van der Waals surface area (Å²) < 4.78 is 25.5. The Morgan fingerprint density at radius 2 is 1.77 bits per heavy atom. The number of hydrogen-bond donors (Lipinski definition) is 1. The second kappa shape index (κ2) is 9.92. The summed E-state index contributed by atoms with van der Waals surface area (Å²) in [6.45, 7) is 5.44. The van der Waals surface area contributed by atoms with Crippen LogP contribution in [0.3, 0.4) is 0 Å². The third-order valence-electron chi connectivity index (χ3n) is 4.75. The maximum Gasteiger partial charge on any atom is 0.243 e. The van der Waals surface area contributed by atoms with Gasteiger partial charge in [0.05, 0.1) is 11.9 Å². The number of benzene rings is 1. The number of hydrogen-bond acceptors (Lipinski definition) is 4. The molecule has 1 aromatic rings. The fourth-order valence-corrected chi connectivity index (χ4v) is 4.58. The Labute approximate surface area is 157 Å². The van der Waals surface area contributed by atoms with Crippen LogP contribution >= 0.6 is 0 Å². The van der Waals surface area contributed by atoms with Crippen LogP contribution in [0.25, 0.3) is 0 Å². The van der Waals surface area contributed by atoms with Crippen LogP contribution in [0.15, 0.2) is 30.3 Å². The van der Waals surface area contributed by atoms with Crippen molar-refractivity contribution in [3.63, 3.8) is 0 Å². The predicted octanol–water partition coefficient (Wildman–Crippen LogP) is 2.22. The van der Waals surface area contributed by atoms with Crippen LogP contribution in [0, 0.1) is 0 Å². The van der Waals surface area contributed by atoms with Crippen molar-refractivity contribution in [1.82, 2.24) is 10.2 Å². The second-order valence-corrected chi connectivity index (χ2v) is 8.83. The highest BCUT2D eigenvalue weighted by atomic mass is 32.2. The van der Waals surface area contributed by atoms with Crippen molar-refractivity contribution in [2.24, 2.45) is 0 Å². The van der Waals surface area contributed by atoms with Gasteiger partial charge in [-0.1, -0.05) is 31.0 Å². The molecule has 0 bridgehead atoms. The quantitative estimate of drug-likeness (QED) is 0.701. The lowest BCUT2D eigenvalue weighted by Crippen LogP contribution is -2.48. The molecule has 1 aliphatic heterocycles. The Bertz CT molecular complexity index is 656. The van der Waals surface area contributed by atoms with Crippen LogP contribution in [0.1, 0.15) is 39.0 Å². The molecule has 0 spiro atoms. The Morgan fingerprint density at radius 1 is 1.15 bits per heavy atom. The first-order chi connectivity index (χ1) is 12.4. The molecular weight excluding hydrogens is 350 g/mol. The highest BCUT2D eigenvalue weighted by Crippen LogP contribution is 2.20. The van der Waals surface area contributed by atoms with E-state index in [-0.39, 0.29) is 5.91 Å². The largest absolute Gasteiger partial charge is 0.354 e. The van der Waals surface area contributed by atoms with Crippen molar-refractivity contribution in [2.75, 3.05) is 36.7 Å². The molecule has 1 aromatic carbocycles. The summed E-state index contributed by atoms with van der Waals surface area (Å²) in [5.41, 5.74) is 0.502. The third kappa shape index (κ3) is 6.29. The average Bonchev–Trinajstić information content (AvgIpc) is 2.87. The number of rotatable bonds is 8. The number of likely N-dealkylation sites (tertiary alicyclic amines) is 1. The van der Waals surface area contributed by atoms with Gasteiger partial charge in [-0.15, -0.1) is 0 Å². The number of nitrogens with one attached hydrogen (secondary N) is 1. The van der Waals surface area contributed by atoms with E-state index >= 15 is 0 Å². The topological polar surface area (TPSA) is 69.7 Å². The Balaban J connectivity index is 1.86. The average molecular weight is 382 g/mol. The smallest absolute Gasteiger partial charge is 0.243 e. The Morgan fingerprint density at radius 3 is 2.35 bits per heavy atom. The van der Waals surface area contributed by atoms with Gasteiger partial charge >= 0.3 is 0 Å². The highest BCUT2D eigenvalue weighted by molar-refractivity contribution is 7.92. The van der Waals surface area contributed by atoms with E-state index in [4.69, 9.17) is 0 Å². The summed E-state index contributed by atoms with van der Waals surface area (Å²) in [7, 11) is -3.55. The molecule has 2 rings (SSSR count). The van der Waals surface area contributed by atoms with E-state index in [0.717, 1.165) is 32.3 Å². The van der Waals surface area contributed by atoms with E-state index in [9.17, 15) is 13.2 Å². The lowest BCUT2D eigenvalue weighted by Gasteiger charge is -2.28. The molecule has 0 aliphatic carbocycles. The van der Waals surface area contributed by atoms with Gasteiger partial charge in [-0.05, 0) is 58.0 Å². The minimum atomic E-state index is -3.55. The van der Waals surface area contributed by atoms with Crippen molar-refractivity contribution >= 4 is 21.6 Å². The Kier molecular flexibility index (Phi) is 7.90. The first-order valence-corrected chi connectivity index (χ1v) is 11.3. The van der Waals surface area contributed by atoms with Crippen LogP contribution in [0.5, 0.6) is 0 Å². The SMILES string of the molecule is C[C@H](C(=O)NCCCN1CCCCCC1)N(c1ccccc1)S(C)(=O)=O. The van der Waals surface area contributed by atoms with Gasteiger partial charge in [0.15, 0.2) is 0 Å². The van der Waals surface area contributed by atoms with Crippen LogP contribution in [-0.4, -0.2) is 57.7 Å². The van der Waals surface area contributed by atoms with E-state index in [1.165, 1.54) is 30.0 Å². The molecule has 1 saturated heterocycles. The molecule has 0 aromatic heterocycles. The monoisotopic (exact) mass is 381 g/mol. The Hall–Kier alpha value is -1.60. The summed E-state index contributed by atoms with van der Waals surface area (Å²) >= 11 is 0. The maximum absolute atomic E-state index is 12.5. The number of carbonyl (C=O) groups excluding carboxylic acids is 1. The van der Waals surface area contributed by atoms with Gasteiger partial charge < -0.3 is 10.2 Å². The molecule has 1 amide bonds. The first kappa shape index (κ1) is 20.7. The minimum absolute atomic E-state index is 0.268. The molecule has 1 heterocycles. The van der Waals surface area contributed by atoms with E-state index in [1.54, 1.807) is 31.2 Å². The molecule has 6 nitrogen and oxygen atoms in total. The molecule has 0 saturated carbocycles. The molecule has 7 heteroatoms. The zero-order valence-corrected chi connectivity index (χ0v) is 16.7. The van der Waals surface area contributed by atoms with Crippen molar-refractivity contribution in [3.05, 3.63) is 30.3 Å². The molecule has 1 aliphatic rings. The molecule has 1 atom stereocenters. The number of amides is 1. The molecule has 26 heavy (non-hydrogen) atoms. The van der Waals surface area contributed by atoms with Crippen molar-refractivity contribution in [1.29, 1.82) is 0 Å². The number of para-hydroxylation sites is 1. The normalized spacial score (nSPS) is 17.3. The highest BCUT2D eigenvalue weighted by Gasteiger charge is 2.28. The van der Waals surface area contributed by atoms with Crippen LogP contribution in [-0.2, 0) is 14.8 Å². The number of sulfonamides is 1. The summed E-state index contributed by atoms with van der Waals surface area (Å²) in [5, 5.41) is 2.89. The summed E-state index contributed by atoms with van der Waals surface area (Å²) in [6.07, 6.45) is 7.14. The predicted molar refractivity (Wildman–Crippen MR) is 106 cm³/mol. The minimum Gasteiger partial charge on any atom is -0.354 e. The number of anilines is 1. The molecule has 1 fully saturated rings. The summed E-state index contributed by atoms with van der Waals surface area (Å²) in [6, 6.07) is 7.95. The second-order valence-electron chi connectivity index (χ2n) is 6.97. The zero-order chi connectivity index (χ0) is 19.0.